The van der Waals surface area contributed by atoms with Crippen LogP contribution in [-0.4, -0.2) is 18.9 Å². The van der Waals surface area contributed by atoms with Crippen LogP contribution in [0.1, 0.15) is 132 Å². The highest BCUT2D eigenvalue weighted by Gasteiger charge is 2.30. The van der Waals surface area contributed by atoms with Gasteiger partial charge in [-0.25, -0.2) is 0 Å². The van der Waals surface area contributed by atoms with E-state index < -0.39 is 16.2 Å². The molecule has 35 heavy (non-hydrogen) atoms. The van der Waals surface area contributed by atoms with Crippen molar-refractivity contribution in [2.75, 3.05) is 4.31 Å². The van der Waals surface area contributed by atoms with Crippen molar-refractivity contribution in [3.63, 3.8) is 0 Å². The number of anilines is 1. The molecule has 0 aromatic heterocycles. The van der Waals surface area contributed by atoms with E-state index in [0.29, 0.717) is 10.2 Å². The Morgan fingerprint density at radius 2 is 1.20 bits per heavy atom. The maximum absolute atomic E-state index is 13.7. The summed E-state index contributed by atoms with van der Waals surface area (Å²) in [4.78, 5) is 13.7. The van der Waals surface area contributed by atoms with E-state index in [1.54, 1.807) is 12.1 Å². The maximum atomic E-state index is 13.7. The van der Waals surface area contributed by atoms with E-state index in [1.807, 2.05) is 27.7 Å². The van der Waals surface area contributed by atoms with Crippen LogP contribution in [0.2, 0.25) is 0 Å². The van der Waals surface area contributed by atoms with Gasteiger partial charge in [0.15, 0.2) is 0 Å². The zero-order valence-corrected chi connectivity index (χ0v) is 23.7. The first-order chi connectivity index (χ1) is 16.0. The van der Waals surface area contributed by atoms with Crippen molar-refractivity contribution < 1.29 is 17.8 Å². The van der Waals surface area contributed by atoms with E-state index in [1.165, 1.54) is 5.56 Å². The Hall–Kier alpha value is -2.18. The molecule has 193 valence electrons. The molecule has 5 nitrogen and oxygen atoms in total. The molecule has 0 fully saturated rings. The van der Waals surface area contributed by atoms with Gasteiger partial charge in [0.2, 0.25) is 5.91 Å². The molecule has 0 aliphatic rings. The summed E-state index contributed by atoms with van der Waals surface area (Å²) in [5, 5.41) is 0. The maximum Gasteiger partial charge on any atom is 0.366 e. The summed E-state index contributed by atoms with van der Waals surface area (Å²) in [5.74, 6) is 0.112. The number of amides is 1. The molecule has 0 atom stereocenters. The summed E-state index contributed by atoms with van der Waals surface area (Å²) in [6, 6.07) is 10.9. The van der Waals surface area contributed by atoms with Crippen LogP contribution in [0.4, 0.5) is 5.69 Å². The van der Waals surface area contributed by atoms with Gasteiger partial charge in [0.05, 0.1) is 12.1 Å². The number of carbonyl (C=O) groups is 1. The number of carbonyl (C=O) groups excluding carboxylic acids is 1. The van der Waals surface area contributed by atoms with E-state index in [9.17, 15) is 17.8 Å². The molecule has 1 radical (unpaired) electrons. The molecule has 2 aromatic carbocycles. The number of hydrogen-bond donors (Lipinski definition) is 1. The molecule has 0 bridgehead atoms. The van der Waals surface area contributed by atoms with Crippen LogP contribution >= 0.6 is 0 Å². The molecule has 0 spiro atoms. The van der Waals surface area contributed by atoms with Crippen LogP contribution in [0.5, 0.6) is 0 Å². The minimum absolute atomic E-state index is 0.0782. The summed E-state index contributed by atoms with van der Waals surface area (Å²) in [6.07, 6.45) is -0.119. The summed E-state index contributed by atoms with van der Waals surface area (Å²) in [6.45, 7) is 20.5. The van der Waals surface area contributed by atoms with Crippen molar-refractivity contribution in [3.05, 3.63) is 63.7 Å². The first kappa shape index (κ1) is 29.1. The highest BCUT2D eigenvalue weighted by molar-refractivity contribution is 7.88. The Labute approximate surface area is 212 Å². The quantitative estimate of drug-likeness (QED) is 0.362. The first-order valence-corrected chi connectivity index (χ1v) is 14.0. The second-order valence-electron chi connectivity index (χ2n) is 11.0. The fourth-order valence-electron chi connectivity index (χ4n) is 4.28. The van der Waals surface area contributed by atoms with Gasteiger partial charge < -0.3 is 0 Å². The van der Waals surface area contributed by atoms with Gasteiger partial charge in [0.1, 0.15) is 0 Å². The summed E-state index contributed by atoms with van der Waals surface area (Å²) >= 11 is 0. The van der Waals surface area contributed by atoms with Gasteiger partial charge in [-0.2, -0.15) is 12.7 Å². The molecular formula is C29H42NO4S. The Morgan fingerprint density at radius 1 is 0.771 bits per heavy atom. The Balaban J connectivity index is 2.71. The fraction of sp³-hybridized carbons (Fsp3) is 0.552. The zero-order chi connectivity index (χ0) is 26.8. The van der Waals surface area contributed by atoms with Gasteiger partial charge in [-0.3, -0.25) is 9.35 Å². The van der Waals surface area contributed by atoms with E-state index in [-0.39, 0.29) is 35.8 Å². The van der Waals surface area contributed by atoms with Crippen LogP contribution in [0, 0.1) is 6.07 Å². The lowest BCUT2D eigenvalue weighted by atomic mass is 9.83. The largest absolute Gasteiger partial charge is 0.366 e. The van der Waals surface area contributed by atoms with E-state index >= 15 is 0 Å². The summed E-state index contributed by atoms with van der Waals surface area (Å²) in [5.41, 5.74) is 5.85. The van der Waals surface area contributed by atoms with Crippen LogP contribution in [0.3, 0.4) is 0 Å². The van der Waals surface area contributed by atoms with E-state index in [4.69, 9.17) is 0 Å². The van der Waals surface area contributed by atoms with Crippen molar-refractivity contribution in [3.8, 4) is 0 Å². The number of benzene rings is 2. The van der Waals surface area contributed by atoms with Gasteiger partial charge in [-0.05, 0) is 81.2 Å². The van der Waals surface area contributed by atoms with Gasteiger partial charge in [-0.1, -0.05) is 81.4 Å². The molecule has 6 heteroatoms. The number of hydrogen-bond acceptors (Lipinski definition) is 3. The molecule has 0 saturated heterocycles. The third-order valence-corrected chi connectivity index (χ3v) is 7.29. The molecule has 2 rings (SSSR count). The molecule has 0 heterocycles. The van der Waals surface area contributed by atoms with E-state index in [0.717, 1.165) is 27.8 Å². The second kappa shape index (κ2) is 11.3. The van der Waals surface area contributed by atoms with Crippen LogP contribution < -0.4 is 4.31 Å². The summed E-state index contributed by atoms with van der Waals surface area (Å²) in [7, 11) is -4.84. The number of nitrogens with zero attached hydrogens (tertiary/aromatic N) is 1. The summed E-state index contributed by atoms with van der Waals surface area (Å²) < 4.78 is 35.9. The van der Waals surface area contributed by atoms with Crippen LogP contribution in [0.25, 0.3) is 0 Å². The highest BCUT2D eigenvalue weighted by atomic mass is 32.2. The standard InChI is InChI=1S/C29H42NO4S/c1-17(2)22-11-23(18(3)4)13-25(12-22)30(35(32,33)34)29(31)16-28-26(20(7)8)14-24(19(5)6)15-27(28)21(9)10/h12-15,17-21H,16H2,1-10H3,(H,32,33,34). The van der Waals surface area contributed by atoms with Crippen LogP contribution in [0.15, 0.2) is 24.3 Å². The Kier molecular flexibility index (Phi) is 9.34. The van der Waals surface area contributed by atoms with Gasteiger partial charge in [0.25, 0.3) is 0 Å². The first-order valence-electron chi connectivity index (χ1n) is 12.6. The third-order valence-electron chi connectivity index (χ3n) is 6.41. The average molecular weight is 501 g/mol. The number of rotatable bonds is 9. The molecule has 1 amide bonds. The van der Waals surface area contributed by atoms with Gasteiger partial charge >= 0.3 is 10.3 Å². The normalized spacial score (nSPS) is 12.5. The molecule has 2 aromatic rings. The Bertz CT molecular complexity index is 1110. The molecule has 0 aliphatic carbocycles. The minimum atomic E-state index is -4.84. The van der Waals surface area contributed by atoms with Gasteiger partial charge in [-0.15, -0.1) is 0 Å². The zero-order valence-electron chi connectivity index (χ0n) is 22.9. The lowest BCUT2D eigenvalue weighted by Gasteiger charge is -2.26. The predicted octanol–water partition coefficient (Wildman–Crippen LogP) is 7.48. The smallest absolute Gasteiger partial charge is 0.273 e. The van der Waals surface area contributed by atoms with E-state index in [2.05, 4.69) is 59.7 Å². The third kappa shape index (κ3) is 6.95. The fourth-order valence-corrected chi connectivity index (χ4v) is 4.97. The molecular weight excluding hydrogens is 458 g/mol. The predicted molar refractivity (Wildman–Crippen MR) is 145 cm³/mol. The van der Waals surface area contributed by atoms with Crippen molar-refractivity contribution >= 4 is 21.9 Å². The minimum Gasteiger partial charge on any atom is -0.273 e. The van der Waals surface area contributed by atoms with Crippen molar-refractivity contribution in [2.45, 2.75) is 105 Å². The lowest BCUT2D eigenvalue weighted by molar-refractivity contribution is -0.116. The molecule has 0 unspecified atom stereocenters. The SMILES string of the molecule is CC(C)c1[c]c(C(C)C)cc(N(C(=O)Cc2c(C(C)C)cc(C(C)C)cc2C(C)C)S(=O)(=O)O)c1. The Morgan fingerprint density at radius 3 is 1.51 bits per heavy atom. The topological polar surface area (TPSA) is 74.7 Å². The van der Waals surface area contributed by atoms with Crippen molar-refractivity contribution in [1.29, 1.82) is 0 Å². The van der Waals surface area contributed by atoms with Gasteiger partial charge in [0, 0.05) is 0 Å². The van der Waals surface area contributed by atoms with Crippen molar-refractivity contribution in [2.24, 2.45) is 0 Å². The lowest BCUT2D eigenvalue weighted by Crippen LogP contribution is -2.38. The van der Waals surface area contributed by atoms with Crippen LogP contribution in [-0.2, 0) is 21.5 Å². The second-order valence-corrected chi connectivity index (χ2v) is 12.3. The highest BCUT2D eigenvalue weighted by Crippen LogP contribution is 2.34. The molecule has 1 N–H and O–H groups in total. The molecule has 0 aliphatic heterocycles. The monoisotopic (exact) mass is 500 g/mol. The average Bonchev–Trinajstić information content (AvgIpc) is 2.71. The molecule has 0 saturated carbocycles. The van der Waals surface area contributed by atoms with Crippen molar-refractivity contribution in [1.82, 2.24) is 0 Å².